The number of aryl methyl sites for hydroxylation is 1. The number of aliphatic hydroxyl groups is 1. The number of hydrogen-bond donors (Lipinski definition) is 1. The van der Waals surface area contributed by atoms with Crippen LogP contribution >= 0.6 is 0 Å². The fraction of sp³-hybridized carbons (Fsp3) is 0.375. The van der Waals surface area contributed by atoms with E-state index in [2.05, 4.69) is 0 Å². The first-order valence-electron chi connectivity index (χ1n) is 6.62. The molecule has 0 aliphatic heterocycles. The van der Waals surface area contributed by atoms with Crippen molar-refractivity contribution in [1.29, 1.82) is 0 Å². The van der Waals surface area contributed by atoms with Crippen LogP contribution < -0.4 is 4.74 Å². The lowest BCUT2D eigenvalue weighted by Gasteiger charge is -2.14. The summed E-state index contributed by atoms with van der Waals surface area (Å²) in [5, 5.41) is 10.2. The van der Waals surface area contributed by atoms with Crippen molar-refractivity contribution in [3.63, 3.8) is 0 Å². The molecule has 1 heterocycles. The number of hydrogen-bond acceptors (Lipinski definition) is 3. The fourth-order valence-corrected chi connectivity index (χ4v) is 1.97. The lowest BCUT2D eigenvalue weighted by molar-refractivity contribution is 0.164. The van der Waals surface area contributed by atoms with Gasteiger partial charge in [-0.2, -0.15) is 0 Å². The van der Waals surface area contributed by atoms with Gasteiger partial charge in [-0.3, -0.25) is 0 Å². The van der Waals surface area contributed by atoms with Crippen molar-refractivity contribution in [3.8, 4) is 5.75 Å². The Balaban J connectivity index is 1.96. The van der Waals surface area contributed by atoms with Crippen molar-refractivity contribution in [1.82, 2.24) is 0 Å². The number of benzene rings is 1. The molecule has 3 heteroatoms. The Morgan fingerprint density at radius 2 is 2.05 bits per heavy atom. The summed E-state index contributed by atoms with van der Waals surface area (Å²) in [4.78, 5) is 0. The van der Waals surface area contributed by atoms with E-state index in [1.165, 1.54) is 0 Å². The lowest BCUT2D eigenvalue weighted by Crippen LogP contribution is -2.06. The summed E-state index contributed by atoms with van der Waals surface area (Å²) in [5.74, 6) is 1.69. The summed E-state index contributed by atoms with van der Waals surface area (Å²) in [5.41, 5.74) is 0.879. The van der Waals surface area contributed by atoms with Crippen molar-refractivity contribution < 1.29 is 14.3 Å². The molecule has 2 rings (SSSR count). The van der Waals surface area contributed by atoms with Crippen molar-refractivity contribution in [2.45, 2.75) is 38.9 Å². The molecule has 0 spiro atoms. The molecular formula is C16H20O3. The normalized spacial score (nSPS) is 12.6. The minimum atomic E-state index is -0.499. The maximum Gasteiger partial charge on any atom is 0.120 e. The quantitative estimate of drug-likeness (QED) is 0.860. The monoisotopic (exact) mass is 260 g/mol. The molecule has 1 N–H and O–H groups in total. The van der Waals surface area contributed by atoms with E-state index >= 15 is 0 Å². The van der Waals surface area contributed by atoms with E-state index in [4.69, 9.17) is 9.15 Å². The molecule has 2 aromatic rings. The summed E-state index contributed by atoms with van der Waals surface area (Å²) in [7, 11) is 0. The third kappa shape index (κ3) is 4.14. The molecule has 19 heavy (non-hydrogen) atoms. The first-order valence-corrected chi connectivity index (χ1v) is 6.62. The van der Waals surface area contributed by atoms with Crippen LogP contribution in [0.4, 0.5) is 0 Å². The molecule has 0 amide bonds. The Morgan fingerprint density at radius 1 is 1.21 bits per heavy atom. The van der Waals surface area contributed by atoms with Gasteiger partial charge in [-0.05, 0) is 50.1 Å². The molecule has 102 valence electrons. The molecule has 0 aliphatic rings. The molecule has 1 atom stereocenters. The van der Waals surface area contributed by atoms with E-state index < -0.39 is 6.10 Å². The smallest absolute Gasteiger partial charge is 0.120 e. The highest BCUT2D eigenvalue weighted by molar-refractivity contribution is 5.30. The largest absolute Gasteiger partial charge is 0.491 e. The molecule has 0 fully saturated rings. The van der Waals surface area contributed by atoms with Crippen LogP contribution in [0.15, 0.2) is 47.1 Å². The Morgan fingerprint density at radius 3 is 2.74 bits per heavy atom. The van der Waals surface area contributed by atoms with Crippen LogP contribution in [-0.2, 0) is 6.42 Å². The summed E-state index contributed by atoms with van der Waals surface area (Å²) in [6.07, 6.45) is 2.65. The second kappa shape index (κ2) is 6.43. The van der Waals surface area contributed by atoms with Gasteiger partial charge in [0.05, 0.1) is 18.5 Å². The number of furan rings is 1. The summed E-state index contributed by atoms with van der Waals surface area (Å²) in [6.45, 7) is 3.97. The van der Waals surface area contributed by atoms with E-state index in [9.17, 15) is 5.11 Å². The minimum Gasteiger partial charge on any atom is -0.491 e. The van der Waals surface area contributed by atoms with E-state index in [1.807, 2.05) is 50.2 Å². The van der Waals surface area contributed by atoms with Crippen molar-refractivity contribution in [2.24, 2.45) is 0 Å². The molecule has 1 unspecified atom stereocenters. The zero-order valence-corrected chi connectivity index (χ0v) is 11.4. The first-order chi connectivity index (χ1) is 9.15. The maximum absolute atomic E-state index is 10.2. The summed E-state index contributed by atoms with van der Waals surface area (Å²) in [6, 6.07) is 11.4. The minimum absolute atomic E-state index is 0.135. The second-order valence-corrected chi connectivity index (χ2v) is 4.87. The van der Waals surface area contributed by atoms with Crippen molar-refractivity contribution in [2.75, 3.05) is 0 Å². The lowest BCUT2D eigenvalue weighted by atomic mass is 10.0. The third-order valence-corrected chi connectivity index (χ3v) is 2.86. The highest BCUT2D eigenvalue weighted by atomic mass is 16.5. The average molecular weight is 260 g/mol. The van der Waals surface area contributed by atoms with E-state index in [1.54, 1.807) is 6.26 Å². The van der Waals surface area contributed by atoms with Crippen LogP contribution in [-0.4, -0.2) is 11.2 Å². The van der Waals surface area contributed by atoms with Gasteiger partial charge in [0.15, 0.2) is 0 Å². The summed E-state index contributed by atoms with van der Waals surface area (Å²) < 4.78 is 10.9. The van der Waals surface area contributed by atoms with Gasteiger partial charge in [0.25, 0.3) is 0 Å². The van der Waals surface area contributed by atoms with E-state index in [-0.39, 0.29) is 6.10 Å². The van der Waals surface area contributed by atoms with Crippen LogP contribution in [0.5, 0.6) is 5.75 Å². The van der Waals surface area contributed by atoms with Gasteiger partial charge >= 0.3 is 0 Å². The Hall–Kier alpha value is -1.74. The molecular weight excluding hydrogens is 240 g/mol. The Kier molecular flexibility index (Phi) is 4.63. The highest BCUT2D eigenvalue weighted by Gasteiger charge is 2.10. The SMILES string of the molecule is CC(C)Oc1cccc(C(O)CCc2ccco2)c1. The van der Waals surface area contributed by atoms with Crippen molar-refractivity contribution in [3.05, 3.63) is 54.0 Å². The molecule has 0 bridgehead atoms. The highest BCUT2D eigenvalue weighted by Crippen LogP contribution is 2.23. The van der Waals surface area contributed by atoms with Gasteiger partial charge in [-0.1, -0.05) is 12.1 Å². The second-order valence-electron chi connectivity index (χ2n) is 4.87. The molecule has 0 aliphatic carbocycles. The van der Waals surface area contributed by atoms with Gasteiger partial charge in [0, 0.05) is 6.42 Å². The van der Waals surface area contributed by atoms with Gasteiger partial charge in [0.1, 0.15) is 11.5 Å². The fourth-order valence-electron chi connectivity index (χ4n) is 1.97. The van der Waals surface area contributed by atoms with E-state index in [0.29, 0.717) is 6.42 Å². The van der Waals surface area contributed by atoms with Gasteiger partial charge in [-0.15, -0.1) is 0 Å². The van der Waals surface area contributed by atoms with Gasteiger partial charge in [0.2, 0.25) is 0 Å². The first kappa shape index (κ1) is 13.7. The standard InChI is InChI=1S/C16H20O3/c1-12(2)19-15-6-3-5-13(11-15)16(17)9-8-14-7-4-10-18-14/h3-7,10-12,16-17H,8-9H2,1-2H3. The topological polar surface area (TPSA) is 42.6 Å². The van der Waals surface area contributed by atoms with Crippen LogP contribution in [0.1, 0.15) is 37.7 Å². The third-order valence-electron chi connectivity index (χ3n) is 2.86. The molecule has 0 radical (unpaired) electrons. The van der Waals surface area contributed by atoms with Crippen LogP contribution in [0, 0.1) is 0 Å². The van der Waals surface area contributed by atoms with Gasteiger partial charge < -0.3 is 14.3 Å². The molecule has 0 saturated heterocycles. The predicted octanol–water partition coefficient (Wildman–Crippen LogP) is 3.73. The van der Waals surface area contributed by atoms with E-state index in [0.717, 1.165) is 23.5 Å². The van der Waals surface area contributed by atoms with Crippen LogP contribution in [0.3, 0.4) is 0 Å². The number of ether oxygens (including phenoxy) is 1. The van der Waals surface area contributed by atoms with Crippen molar-refractivity contribution >= 4 is 0 Å². The summed E-state index contributed by atoms with van der Waals surface area (Å²) >= 11 is 0. The molecule has 1 aromatic heterocycles. The van der Waals surface area contributed by atoms with Crippen LogP contribution in [0.2, 0.25) is 0 Å². The maximum atomic E-state index is 10.2. The molecule has 1 aromatic carbocycles. The number of aliphatic hydroxyl groups excluding tert-OH is 1. The van der Waals surface area contributed by atoms with Gasteiger partial charge in [-0.25, -0.2) is 0 Å². The molecule has 3 nitrogen and oxygen atoms in total. The zero-order chi connectivity index (χ0) is 13.7. The zero-order valence-electron chi connectivity index (χ0n) is 11.4. The van der Waals surface area contributed by atoms with Crippen LogP contribution in [0.25, 0.3) is 0 Å². The predicted molar refractivity (Wildman–Crippen MR) is 74.2 cm³/mol. The number of rotatable bonds is 6. The molecule has 0 saturated carbocycles. The Bertz CT molecular complexity index is 488. The Labute approximate surface area is 113 Å². The average Bonchev–Trinajstić information content (AvgIpc) is 2.88.